The fourth-order valence-corrected chi connectivity index (χ4v) is 7.93. The molecule has 0 unspecified atom stereocenters. The average molecular weight is 702 g/mol. The zero-order valence-corrected chi connectivity index (χ0v) is 29.6. The van der Waals surface area contributed by atoms with Crippen molar-refractivity contribution in [3.05, 3.63) is 188 Å². The summed E-state index contributed by atoms with van der Waals surface area (Å²) in [5, 5.41) is 9.30. The summed E-state index contributed by atoms with van der Waals surface area (Å²) in [4.78, 5) is 15.4. The van der Waals surface area contributed by atoms with Gasteiger partial charge in [-0.1, -0.05) is 158 Å². The summed E-state index contributed by atoms with van der Waals surface area (Å²) in [5.41, 5.74) is 9.16. The summed E-state index contributed by atoms with van der Waals surface area (Å²) in [5.74, 6) is 1.89. The van der Waals surface area contributed by atoms with Crippen LogP contribution in [0.15, 0.2) is 192 Å². The molecule has 0 spiro atoms. The lowest BCUT2D eigenvalue weighted by atomic mass is 9.96. The van der Waals surface area contributed by atoms with Gasteiger partial charge in [0.15, 0.2) is 17.5 Å². The first-order valence-electron chi connectivity index (χ1n) is 18.5. The van der Waals surface area contributed by atoms with Gasteiger partial charge in [0.25, 0.3) is 0 Å². The number of furan rings is 1. The zero-order chi connectivity index (χ0) is 36.3. The Hall–Kier alpha value is -7.43. The summed E-state index contributed by atoms with van der Waals surface area (Å²) in [6, 6.07) is 65.9. The number of hydrogen-bond donors (Lipinski definition) is 0. The maximum absolute atomic E-state index is 6.22. The minimum Gasteiger partial charge on any atom is -0.456 e. The van der Waals surface area contributed by atoms with E-state index in [1.807, 2.05) is 24.3 Å². The molecule has 2 aromatic heterocycles. The Morgan fingerprint density at radius 2 is 0.818 bits per heavy atom. The maximum Gasteiger partial charge on any atom is 0.164 e. The van der Waals surface area contributed by atoms with Gasteiger partial charge in [0.1, 0.15) is 11.2 Å². The van der Waals surface area contributed by atoms with E-state index in [0.717, 1.165) is 71.5 Å². The van der Waals surface area contributed by atoms with E-state index >= 15 is 0 Å². The predicted molar refractivity (Wildman–Crippen MR) is 227 cm³/mol. The molecule has 0 fully saturated rings. The molecule has 55 heavy (non-hydrogen) atoms. The molecule has 9 aromatic carbocycles. The fraction of sp³-hybridized carbons (Fsp3) is 0. The lowest BCUT2D eigenvalue weighted by molar-refractivity contribution is 0.669. The highest BCUT2D eigenvalue weighted by Crippen LogP contribution is 2.38. The SMILES string of the molecule is c1ccc(-c2ccc(-c3nc(-c4ccc5ccc(-c6cccc7oc8ccccc8c67)cc5c4)nc(-c4ccc5c(ccc6ccccc65)c4)n3)cc2)cc1. The zero-order valence-electron chi connectivity index (χ0n) is 29.6. The number of benzene rings is 9. The lowest BCUT2D eigenvalue weighted by Gasteiger charge is -2.11. The Labute approximate surface area is 317 Å². The number of hydrogen-bond acceptors (Lipinski definition) is 4. The van der Waals surface area contributed by atoms with E-state index in [0.29, 0.717) is 17.5 Å². The molecule has 11 rings (SSSR count). The van der Waals surface area contributed by atoms with Gasteiger partial charge in [0, 0.05) is 27.5 Å². The maximum atomic E-state index is 6.22. The molecule has 0 aliphatic heterocycles. The Kier molecular flexibility index (Phi) is 7.14. The molecule has 0 bridgehead atoms. The number of aromatic nitrogens is 3. The van der Waals surface area contributed by atoms with Crippen molar-refractivity contribution < 1.29 is 4.42 Å². The average Bonchev–Trinajstić information content (AvgIpc) is 3.65. The van der Waals surface area contributed by atoms with Crippen LogP contribution in [0.3, 0.4) is 0 Å². The van der Waals surface area contributed by atoms with Crippen LogP contribution in [0.4, 0.5) is 0 Å². The summed E-state index contributed by atoms with van der Waals surface area (Å²) < 4.78 is 6.22. The highest BCUT2D eigenvalue weighted by Gasteiger charge is 2.16. The molecule has 0 atom stereocenters. The van der Waals surface area contributed by atoms with Crippen LogP contribution in [0.1, 0.15) is 0 Å². The van der Waals surface area contributed by atoms with E-state index in [1.165, 1.54) is 21.7 Å². The second-order valence-electron chi connectivity index (χ2n) is 14.0. The largest absolute Gasteiger partial charge is 0.456 e. The molecule has 0 saturated carbocycles. The van der Waals surface area contributed by atoms with Crippen LogP contribution in [0.25, 0.3) is 111 Å². The minimum absolute atomic E-state index is 0.626. The van der Waals surface area contributed by atoms with E-state index in [4.69, 9.17) is 19.4 Å². The van der Waals surface area contributed by atoms with E-state index < -0.39 is 0 Å². The molecule has 0 amide bonds. The van der Waals surface area contributed by atoms with Gasteiger partial charge in [0.2, 0.25) is 0 Å². The Balaban J connectivity index is 1.06. The third-order valence-corrected chi connectivity index (χ3v) is 10.7. The quantitative estimate of drug-likeness (QED) is 0.168. The molecule has 0 N–H and O–H groups in total. The standard InChI is InChI=1S/C51H31N3O/c1-2-9-32(10-3-1)33-17-22-36(23-18-33)49-52-50(54-51(53-49)40-27-28-43-37(29-40)25-21-35-11-4-5-12-42(35)43)39-26-20-34-19-24-38(30-41(34)31-39)44-14-8-16-47-48(44)45-13-6-7-15-46(45)55-47/h1-31H. The van der Waals surface area contributed by atoms with Crippen molar-refractivity contribution in [2.45, 2.75) is 0 Å². The van der Waals surface area contributed by atoms with Crippen LogP contribution < -0.4 is 0 Å². The Bertz CT molecular complexity index is 3260. The second-order valence-corrected chi connectivity index (χ2v) is 14.0. The normalized spacial score (nSPS) is 11.6. The van der Waals surface area contributed by atoms with E-state index in [9.17, 15) is 0 Å². The van der Waals surface area contributed by atoms with Gasteiger partial charge in [0.05, 0.1) is 0 Å². The van der Waals surface area contributed by atoms with Crippen molar-refractivity contribution in [1.82, 2.24) is 15.0 Å². The Morgan fingerprint density at radius 1 is 0.291 bits per heavy atom. The third-order valence-electron chi connectivity index (χ3n) is 10.7. The molecule has 4 nitrogen and oxygen atoms in total. The van der Waals surface area contributed by atoms with Crippen molar-refractivity contribution in [3.8, 4) is 56.4 Å². The molecule has 256 valence electrons. The van der Waals surface area contributed by atoms with Crippen LogP contribution in [-0.2, 0) is 0 Å². The summed E-state index contributed by atoms with van der Waals surface area (Å²) >= 11 is 0. The highest BCUT2D eigenvalue weighted by molar-refractivity contribution is 6.13. The fourth-order valence-electron chi connectivity index (χ4n) is 7.93. The first-order valence-corrected chi connectivity index (χ1v) is 18.5. The molecule has 0 aliphatic carbocycles. The van der Waals surface area contributed by atoms with Crippen molar-refractivity contribution >= 4 is 54.3 Å². The van der Waals surface area contributed by atoms with Gasteiger partial charge >= 0.3 is 0 Å². The first kappa shape index (κ1) is 31.1. The highest BCUT2D eigenvalue weighted by atomic mass is 16.3. The number of para-hydroxylation sites is 1. The summed E-state index contributed by atoms with van der Waals surface area (Å²) in [7, 11) is 0. The van der Waals surface area contributed by atoms with Gasteiger partial charge in [-0.25, -0.2) is 15.0 Å². The van der Waals surface area contributed by atoms with Crippen molar-refractivity contribution in [2.75, 3.05) is 0 Å². The summed E-state index contributed by atoms with van der Waals surface area (Å²) in [6.45, 7) is 0. The number of fused-ring (bicyclic) bond motifs is 7. The number of nitrogens with zero attached hydrogens (tertiary/aromatic N) is 3. The van der Waals surface area contributed by atoms with Crippen molar-refractivity contribution in [3.63, 3.8) is 0 Å². The molecule has 2 heterocycles. The minimum atomic E-state index is 0.626. The van der Waals surface area contributed by atoms with Crippen LogP contribution in [0, 0.1) is 0 Å². The van der Waals surface area contributed by atoms with Gasteiger partial charge in [-0.3, -0.25) is 0 Å². The van der Waals surface area contributed by atoms with E-state index in [1.54, 1.807) is 0 Å². The van der Waals surface area contributed by atoms with Crippen molar-refractivity contribution in [2.24, 2.45) is 0 Å². The molecule has 0 saturated heterocycles. The Morgan fingerprint density at radius 3 is 1.64 bits per heavy atom. The molecule has 4 heteroatoms. The molecule has 11 aromatic rings. The van der Waals surface area contributed by atoms with E-state index in [-0.39, 0.29) is 0 Å². The lowest BCUT2D eigenvalue weighted by Crippen LogP contribution is -2.00. The van der Waals surface area contributed by atoms with Gasteiger partial charge < -0.3 is 4.42 Å². The molecule has 0 aliphatic rings. The van der Waals surface area contributed by atoms with Crippen LogP contribution in [-0.4, -0.2) is 15.0 Å². The molecule has 0 radical (unpaired) electrons. The van der Waals surface area contributed by atoms with Gasteiger partial charge in [-0.05, 0) is 84.9 Å². The molecular formula is C51H31N3O. The van der Waals surface area contributed by atoms with Crippen LogP contribution >= 0.6 is 0 Å². The first-order chi connectivity index (χ1) is 27.2. The number of rotatable bonds is 5. The van der Waals surface area contributed by atoms with Gasteiger partial charge in [-0.15, -0.1) is 0 Å². The van der Waals surface area contributed by atoms with Crippen molar-refractivity contribution in [1.29, 1.82) is 0 Å². The summed E-state index contributed by atoms with van der Waals surface area (Å²) in [6.07, 6.45) is 0. The smallest absolute Gasteiger partial charge is 0.164 e. The van der Waals surface area contributed by atoms with Crippen LogP contribution in [0.2, 0.25) is 0 Å². The van der Waals surface area contributed by atoms with Gasteiger partial charge in [-0.2, -0.15) is 0 Å². The molecular weight excluding hydrogens is 671 g/mol. The van der Waals surface area contributed by atoms with E-state index in [2.05, 4.69) is 164 Å². The second kappa shape index (κ2) is 12.6. The third kappa shape index (κ3) is 5.43. The monoisotopic (exact) mass is 701 g/mol. The topological polar surface area (TPSA) is 51.8 Å². The van der Waals surface area contributed by atoms with Crippen LogP contribution in [0.5, 0.6) is 0 Å². The predicted octanol–water partition coefficient (Wildman–Crippen LogP) is 13.6.